The molecule has 0 spiro atoms. The maximum absolute atomic E-state index is 4.43. The van der Waals surface area contributed by atoms with E-state index in [9.17, 15) is 0 Å². The second kappa shape index (κ2) is 5.90. The lowest BCUT2D eigenvalue weighted by Crippen LogP contribution is -2.00. The summed E-state index contributed by atoms with van der Waals surface area (Å²) in [5, 5.41) is 6.35. The molecule has 0 unspecified atom stereocenters. The summed E-state index contributed by atoms with van der Waals surface area (Å²) in [4.78, 5) is 8.86. The number of rotatable bonds is 4. The number of hydrogen-bond acceptors (Lipinski definition) is 4. The van der Waals surface area contributed by atoms with Crippen LogP contribution in [0.2, 0.25) is 0 Å². The molecule has 0 amide bonds. The van der Waals surface area contributed by atoms with Crippen LogP contribution in [-0.2, 0) is 0 Å². The summed E-state index contributed by atoms with van der Waals surface area (Å²) in [6.07, 6.45) is 9.16. The third-order valence-electron chi connectivity index (χ3n) is 3.91. The van der Waals surface area contributed by atoms with Crippen LogP contribution in [0.25, 0.3) is 0 Å². The van der Waals surface area contributed by atoms with Crippen molar-refractivity contribution in [3.63, 3.8) is 0 Å². The molecule has 2 N–H and O–H groups in total. The van der Waals surface area contributed by atoms with Crippen molar-refractivity contribution in [2.45, 2.75) is 31.6 Å². The average Bonchev–Trinajstić information content (AvgIpc) is 3.02. The van der Waals surface area contributed by atoms with Crippen molar-refractivity contribution < 1.29 is 0 Å². The van der Waals surface area contributed by atoms with E-state index in [2.05, 4.69) is 20.6 Å². The van der Waals surface area contributed by atoms with Gasteiger partial charge in [-0.3, -0.25) is 0 Å². The minimum atomic E-state index is 0.653. The molecule has 4 nitrogen and oxygen atoms in total. The molecule has 0 aliphatic heterocycles. The average molecular weight is 268 g/mol. The highest BCUT2D eigenvalue weighted by Gasteiger charge is 2.17. The molecule has 0 saturated heterocycles. The van der Waals surface area contributed by atoms with Gasteiger partial charge < -0.3 is 10.6 Å². The zero-order valence-electron chi connectivity index (χ0n) is 11.8. The second-order valence-corrected chi connectivity index (χ2v) is 5.28. The highest BCUT2D eigenvalue weighted by Crippen LogP contribution is 2.33. The molecule has 2 aromatic rings. The number of nitrogens with zero attached hydrogens (tertiary/aromatic N) is 2. The van der Waals surface area contributed by atoms with E-state index in [1.54, 1.807) is 0 Å². The van der Waals surface area contributed by atoms with Crippen molar-refractivity contribution in [1.29, 1.82) is 0 Å². The topological polar surface area (TPSA) is 49.8 Å². The molecular formula is C16H20N4. The van der Waals surface area contributed by atoms with Gasteiger partial charge in [-0.15, -0.1) is 0 Å². The molecule has 3 rings (SSSR count). The molecule has 1 aliphatic rings. The Morgan fingerprint density at radius 2 is 1.75 bits per heavy atom. The zero-order chi connectivity index (χ0) is 13.8. The van der Waals surface area contributed by atoms with Crippen molar-refractivity contribution >= 4 is 17.3 Å². The first-order valence-corrected chi connectivity index (χ1v) is 7.22. The summed E-state index contributed by atoms with van der Waals surface area (Å²) >= 11 is 0. The number of anilines is 3. The lowest BCUT2D eigenvalue weighted by molar-refractivity contribution is 0.714. The van der Waals surface area contributed by atoms with Gasteiger partial charge in [0.2, 0.25) is 5.95 Å². The predicted octanol–water partition coefficient (Wildman–Crippen LogP) is 3.92. The molecule has 1 aromatic carbocycles. The summed E-state index contributed by atoms with van der Waals surface area (Å²) in [7, 11) is 1.91. The second-order valence-electron chi connectivity index (χ2n) is 5.28. The SMILES string of the molecule is CNc1cccc(Nc2ncc(C3CCCC3)cn2)c1. The van der Waals surface area contributed by atoms with Gasteiger partial charge >= 0.3 is 0 Å². The lowest BCUT2D eigenvalue weighted by atomic mass is 10.0. The molecule has 1 aromatic heterocycles. The Morgan fingerprint density at radius 1 is 1.05 bits per heavy atom. The Labute approximate surface area is 119 Å². The van der Waals surface area contributed by atoms with Gasteiger partial charge in [-0.2, -0.15) is 0 Å². The largest absolute Gasteiger partial charge is 0.388 e. The van der Waals surface area contributed by atoms with Crippen LogP contribution in [0.5, 0.6) is 0 Å². The van der Waals surface area contributed by atoms with Gasteiger partial charge in [0.15, 0.2) is 0 Å². The van der Waals surface area contributed by atoms with Crippen molar-refractivity contribution in [3.8, 4) is 0 Å². The number of hydrogen-bond donors (Lipinski definition) is 2. The summed E-state index contributed by atoms with van der Waals surface area (Å²) in [5.41, 5.74) is 3.33. The maximum atomic E-state index is 4.43. The fourth-order valence-corrected chi connectivity index (χ4v) is 2.75. The minimum Gasteiger partial charge on any atom is -0.388 e. The molecule has 1 fully saturated rings. The minimum absolute atomic E-state index is 0.653. The first kappa shape index (κ1) is 12.9. The van der Waals surface area contributed by atoms with Gasteiger partial charge in [0, 0.05) is 30.8 Å². The van der Waals surface area contributed by atoms with Crippen LogP contribution in [-0.4, -0.2) is 17.0 Å². The van der Waals surface area contributed by atoms with E-state index in [0.717, 1.165) is 11.4 Å². The van der Waals surface area contributed by atoms with Crippen LogP contribution in [0.1, 0.15) is 37.2 Å². The van der Waals surface area contributed by atoms with Crippen LogP contribution < -0.4 is 10.6 Å². The first-order valence-electron chi connectivity index (χ1n) is 7.22. The van der Waals surface area contributed by atoms with Gasteiger partial charge in [0.05, 0.1) is 0 Å². The monoisotopic (exact) mass is 268 g/mol. The van der Waals surface area contributed by atoms with E-state index in [1.807, 2.05) is 43.7 Å². The van der Waals surface area contributed by atoms with Crippen LogP contribution in [0, 0.1) is 0 Å². The fourth-order valence-electron chi connectivity index (χ4n) is 2.75. The molecule has 1 aliphatic carbocycles. The molecule has 20 heavy (non-hydrogen) atoms. The van der Waals surface area contributed by atoms with E-state index in [-0.39, 0.29) is 0 Å². The third kappa shape index (κ3) is 2.90. The smallest absolute Gasteiger partial charge is 0.227 e. The van der Waals surface area contributed by atoms with Gasteiger partial charge in [0.1, 0.15) is 0 Å². The number of nitrogens with one attached hydrogen (secondary N) is 2. The number of aromatic nitrogens is 2. The standard InChI is InChI=1S/C16H20N4/c1-17-14-7-4-8-15(9-14)20-16-18-10-13(11-19-16)12-5-2-3-6-12/h4,7-12,17H,2-3,5-6H2,1H3,(H,18,19,20). The zero-order valence-corrected chi connectivity index (χ0v) is 11.8. The summed E-state index contributed by atoms with van der Waals surface area (Å²) < 4.78 is 0. The van der Waals surface area contributed by atoms with Crippen LogP contribution in [0.3, 0.4) is 0 Å². The summed E-state index contributed by atoms with van der Waals surface area (Å²) in [6.45, 7) is 0. The molecule has 0 atom stereocenters. The number of benzene rings is 1. The maximum Gasteiger partial charge on any atom is 0.227 e. The van der Waals surface area contributed by atoms with Gasteiger partial charge in [0.25, 0.3) is 0 Å². The lowest BCUT2D eigenvalue weighted by Gasteiger charge is -2.10. The third-order valence-corrected chi connectivity index (χ3v) is 3.91. The highest BCUT2D eigenvalue weighted by atomic mass is 15.1. The quantitative estimate of drug-likeness (QED) is 0.882. The highest BCUT2D eigenvalue weighted by molar-refractivity contribution is 5.60. The van der Waals surface area contributed by atoms with E-state index in [4.69, 9.17) is 0 Å². The van der Waals surface area contributed by atoms with E-state index >= 15 is 0 Å². The Morgan fingerprint density at radius 3 is 2.45 bits per heavy atom. The van der Waals surface area contributed by atoms with Gasteiger partial charge in [-0.05, 0) is 42.5 Å². The van der Waals surface area contributed by atoms with Gasteiger partial charge in [-0.1, -0.05) is 18.9 Å². The Bertz CT molecular complexity index is 559. The molecule has 4 heteroatoms. The predicted molar refractivity (Wildman–Crippen MR) is 82.5 cm³/mol. The Hall–Kier alpha value is -2.10. The first-order chi connectivity index (χ1) is 9.85. The van der Waals surface area contributed by atoms with Crippen LogP contribution >= 0.6 is 0 Å². The normalized spacial score (nSPS) is 15.2. The Balaban J connectivity index is 1.71. The summed E-state index contributed by atoms with van der Waals surface area (Å²) in [6, 6.07) is 8.07. The van der Waals surface area contributed by atoms with E-state index in [0.29, 0.717) is 11.9 Å². The van der Waals surface area contributed by atoms with Crippen molar-refractivity contribution in [1.82, 2.24) is 9.97 Å². The van der Waals surface area contributed by atoms with E-state index in [1.165, 1.54) is 31.2 Å². The van der Waals surface area contributed by atoms with Crippen molar-refractivity contribution in [2.75, 3.05) is 17.7 Å². The molecule has 1 heterocycles. The molecule has 0 bridgehead atoms. The Kier molecular flexibility index (Phi) is 3.81. The van der Waals surface area contributed by atoms with Crippen molar-refractivity contribution in [2.24, 2.45) is 0 Å². The van der Waals surface area contributed by atoms with E-state index < -0.39 is 0 Å². The summed E-state index contributed by atoms with van der Waals surface area (Å²) in [5.74, 6) is 1.32. The molecule has 1 saturated carbocycles. The van der Waals surface area contributed by atoms with Crippen LogP contribution in [0.15, 0.2) is 36.7 Å². The molecule has 104 valence electrons. The van der Waals surface area contributed by atoms with Gasteiger partial charge in [-0.25, -0.2) is 9.97 Å². The molecular weight excluding hydrogens is 248 g/mol. The fraction of sp³-hybridized carbons (Fsp3) is 0.375. The van der Waals surface area contributed by atoms with Crippen molar-refractivity contribution in [3.05, 3.63) is 42.2 Å². The van der Waals surface area contributed by atoms with Crippen LogP contribution in [0.4, 0.5) is 17.3 Å². The molecule has 0 radical (unpaired) electrons.